The third-order valence-electron chi connectivity index (χ3n) is 9.69. The van der Waals surface area contributed by atoms with Gasteiger partial charge in [0.25, 0.3) is 0 Å². The molecule has 0 saturated carbocycles. The van der Waals surface area contributed by atoms with Crippen LogP contribution in [0.5, 0.6) is 17.2 Å². The molecular weight excluding hydrogens is 651 g/mol. The summed E-state index contributed by atoms with van der Waals surface area (Å²) in [5, 5.41) is 0. The Morgan fingerprint density at radius 2 is 0.673 bits per heavy atom. The van der Waals surface area contributed by atoms with Crippen LogP contribution >= 0.6 is 0 Å². The van der Waals surface area contributed by atoms with Gasteiger partial charge < -0.3 is 43.6 Å². The monoisotopic (exact) mass is 701 g/mol. The van der Waals surface area contributed by atoms with Gasteiger partial charge in [-0.25, -0.2) is 0 Å². The summed E-state index contributed by atoms with van der Waals surface area (Å²) < 4.78 is 16.4. The lowest BCUT2D eigenvalue weighted by atomic mass is 10.1. The zero-order valence-electron chi connectivity index (χ0n) is 32.0. The molecule has 0 spiro atoms. The third-order valence-corrected chi connectivity index (χ3v) is 9.69. The molecule has 3 heterocycles. The van der Waals surface area contributed by atoms with Crippen LogP contribution in [0.1, 0.15) is 33.4 Å². The Morgan fingerprint density at radius 3 is 0.904 bits per heavy atom. The van der Waals surface area contributed by atoms with Crippen molar-refractivity contribution in [2.75, 3.05) is 75.3 Å². The molecule has 0 N–H and O–H groups in total. The van der Waals surface area contributed by atoms with Gasteiger partial charge in [0.2, 0.25) is 20.0 Å². The standard InChI is InChI=1S/C42H51N7O3/c1-31-22-37(50-7)23-32(2)40(31)47-19-16-44(28-47)13-10-43(11-14-45-17-20-48(29-45)41-33(3)24-38(51-8)25-34(41)4)12-15-46-18-21-49(30-46)42-35(5)26-39(52-9)27-36(42)6/h16-27H,10-15H2,1-9H3. The van der Waals surface area contributed by atoms with E-state index in [9.17, 15) is 0 Å². The number of hydrogen-bond donors (Lipinski definition) is 0. The molecule has 0 fully saturated rings. The molecular formula is C42H51N7O3. The molecule has 6 rings (SSSR count). The summed E-state index contributed by atoms with van der Waals surface area (Å²) in [5.41, 5.74) is 10.3. The van der Waals surface area contributed by atoms with Gasteiger partial charge in [-0.1, -0.05) is 0 Å². The van der Waals surface area contributed by atoms with Crippen molar-refractivity contribution in [2.45, 2.75) is 41.5 Å². The molecule has 6 radical (unpaired) electrons. The maximum Gasteiger partial charge on any atom is 0.212 e. The summed E-state index contributed by atoms with van der Waals surface area (Å²) in [4.78, 5) is 15.2. The van der Waals surface area contributed by atoms with E-state index in [1.165, 1.54) is 0 Å². The summed E-state index contributed by atoms with van der Waals surface area (Å²) in [6.07, 6.45) is 12.6. The topological polar surface area (TPSA) is 50.4 Å². The molecule has 3 aromatic rings. The van der Waals surface area contributed by atoms with E-state index in [1.54, 1.807) is 21.3 Å². The molecule has 3 aliphatic rings. The Kier molecular flexibility index (Phi) is 11.4. The average Bonchev–Trinajstić information content (AvgIpc) is 3.89. The second-order valence-corrected chi connectivity index (χ2v) is 13.6. The summed E-state index contributed by atoms with van der Waals surface area (Å²) in [5.74, 6) is 2.61. The highest BCUT2D eigenvalue weighted by atomic mass is 16.5. The van der Waals surface area contributed by atoms with Crippen molar-refractivity contribution in [3.8, 4) is 17.2 Å². The number of benzene rings is 3. The number of ether oxygens (including phenoxy) is 3. The molecule has 3 aliphatic heterocycles. The van der Waals surface area contributed by atoms with Gasteiger partial charge in [-0.2, -0.15) is 0 Å². The van der Waals surface area contributed by atoms with Crippen molar-refractivity contribution >= 4 is 17.1 Å². The van der Waals surface area contributed by atoms with Crippen LogP contribution in [0, 0.1) is 61.5 Å². The molecule has 10 nitrogen and oxygen atoms in total. The highest BCUT2D eigenvalue weighted by Crippen LogP contribution is 2.35. The lowest BCUT2D eigenvalue weighted by molar-refractivity contribution is 0.219. The summed E-state index contributed by atoms with van der Waals surface area (Å²) in [6, 6.07) is 12.4. The first-order valence-corrected chi connectivity index (χ1v) is 17.8. The van der Waals surface area contributed by atoms with Gasteiger partial charge in [0.05, 0.1) is 21.3 Å². The molecule has 3 aromatic carbocycles. The smallest absolute Gasteiger partial charge is 0.212 e. The maximum atomic E-state index is 5.48. The lowest BCUT2D eigenvalue weighted by Crippen LogP contribution is -2.40. The number of aryl methyl sites for hydroxylation is 6. The van der Waals surface area contributed by atoms with Crippen LogP contribution in [0.15, 0.2) is 73.6 Å². The Morgan fingerprint density at radius 1 is 0.423 bits per heavy atom. The zero-order chi connectivity index (χ0) is 36.9. The second kappa shape index (κ2) is 16.2. The van der Waals surface area contributed by atoms with Crippen molar-refractivity contribution in [1.29, 1.82) is 0 Å². The molecule has 0 atom stereocenters. The molecule has 0 aromatic heterocycles. The minimum atomic E-state index is 0.806. The first-order valence-electron chi connectivity index (χ1n) is 17.8. The minimum Gasteiger partial charge on any atom is -0.497 e. The van der Waals surface area contributed by atoms with Crippen LogP contribution in [-0.2, 0) is 0 Å². The predicted molar refractivity (Wildman–Crippen MR) is 209 cm³/mol. The van der Waals surface area contributed by atoms with Crippen molar-refractivity contribution in [3.63, 3.8) is 0 Å². The molecule has 0 amide bonds. The van der Waals surface area contributed by atoms with Crippen LogP contribution in [0.3, 0.4) is 0 Å². The highest BCUT2D eigenvalue weighted by Gasteiger charge is 2.25. The zero-order valence-corrected chi connectivity index (χ0v) is 32.0. The molecule has 0 saturated heterocycles. The van der Waals surface area contributed by atoms with Gasteiger partial charge in [0, 0.05) is 93.5 Å². The van der Waals surface area contributed by atoms with Crippen LogP contribution in [0.4, 0.5) is 17.1 Å². The first kappa shape index (κ1) is 36.8. The van der Waals surface area contributed by atoms with Gasteiger partial charge in [-0.3, -0.25) is 4.90 Å². The molecule has 0 unspecified atom stereocenters. The number of anilines is 3. The normalized spacial score (nSPS) is 15.3. The number of nitrogens with zero attached hydrogens (tertiary/aromatic N) is 7. The van der Waals surface area contributed by atoms with Gasteiger partial charge in [-0.15, -0.1) is 0 Å². The van der Waals surface area contributed by atoms with Crippen molar-refractivity contribution in [3.05, 3.63) is 127 Å². The number of rotatable bonds is 15. The minimum absolute atomic E-state index is 0.806. The Balaban J connectivity index is 1.08. The van der Waals surface area contributed by atoms with Gasteiger partial charge in [0.15, 0.2) is 0 Å². The second-order valence-electron chi connectivity index (χ2n) is 13.6. The van der Waals surface area contributed by atoms with Gasteiger partial charge in [-0.05, 0) is 111 Å². The fourth-order valence-corrected chi connectivity index (χ4v) is 7.13. The summed E-state index contributed by atoms with van der Waals surface area (Å²) in [7, 11) is 5.12. The van der Waals surface area contributed by atoms with E-state index < -0.39 is 0 Å². The number of methoxy groups -OCH3 is 3. The molecule has 52 heavy (non-hydrogen) atoms. The van der Waals surface area contributed by atoms with E-state index in [-0.39, 0.29) is 0 Å². The Bertz CT molecular complexity index is 1540. The van der Waals surface area contributed by atoms with Crippen molar-refractivity contribution in [2.24, 2.45) is 0 Å². The predicted octanol–water partition coefficient (Wildman–Crippen LogP) is 7.03. The van der Waals surface area contributed by atoms with E-state index in [1.807, 2.05) is 0 Å². The third kappa shape index (κ3) is 8.23. The summed E-state index contributed by atoms with van der Waals surface area (Å²) in [6.45, 7) is 28.3. The number of hydrogen-bond acceptors (Lipinski definition) is 10. The van der Waals surface area contributed by atoms with E-state index in [0.717, 1.165) is 107 Å². The molecule has 0 bridgehead atoms. The molecule has 272 valence electrons. The van der Waals surface area contributed by atoms with E-state index >= 15 is 0 Å². The Hall–Kier alpha value is -4.96. The van der Waals surface area contributed by atoms with Crippen LogP contribution in [0.25, 0.3) is 0 Å². The first-order chi connectivity index (χ1) is 25.1. The van der Waals surface area contributed by atoms with E-state index in [0.29, 0.717) is 0 Å². The fourth-order valence-electron chi connectivity index (χ4n) is 7.13. The van der Waals surface area contributed by atoms with Crippen LogP contribution in [0.2, 0.25) is 0 Å². The molecule has 10 heteroatoms. The van der Waals surface area contributed by atoms with E-state index in [4.69, 9.17) is 14.2 Å². The SMILES string of the molecule is COc1cc(C)c(N2[C]N(CCN(CCN3[C]N(c4c(C)cc(OC)cc4C)C=C3)CCN3[C]N(c4c(C)cc(OC)cc4C)C=C3)C=C2)c(C)c1. The average molecular weight is 702 g/mol. The summed E-state index contributed by atoms with van der Waals surface area (Å²) >= 11 is 0. The van der Waals surface area contributed by atoms with E-state index in [2.05, 4.69) is 169 Å². The van der Waals surface area contributed by atoms with Crippen LogP contribution in [-0.4, -0.2) is 80.2 Å². The van der Waals surface area contributed by atoms with Gasteiger partial charge in [0.1, 0.15) is 17.2 Å². The largest absolute Gasteiger partial charge is 0.497 e. The van der Waals surface area contributed by atoms with Crippen molar-refractivity contribution < 1.29 is 14.2 Å². The van der Waals surface area contributed by atoms with Gasteiger partial charge >= 0.3 is 0 Å². The lowest BCUT2D eigenvalue weighted by Gasteiger charge is -2.30. The Labute approximate surface area is 311 Å². The fraction of sp³-hybridized carbons (Fsp3) is 0.357. The maximum absolute atomic E-state index is 5.48. The van der Waals surface area contributed by atoms with Crippen LogP contribution < -0.4 is 28.9 Å². The van der Waals surface area contributed by atoms with Crippen molar-refractivity contribution in [1.82, 2.24) is 19.6 Å². The highest BCUT2D eigenvalue weighted by molar-refractivity contribution is 5.67. The quantitative estimate of drug-likeness (QED) is 0.165. The molecule has 0 aliphatic carbocycles.